The molecule has 3 nitrogen and oxygen atoms in total. The van der Waals surface area contributed by atoms with Crippen LogP contribution in [-0.2, 0) is 15.0 Å². The maximum atomic E-state index is 13.2. The van der Waals surface area contributed by atoms with Gasteiger partial charge >= 0.3 is 0 Å². The van der Waals surface area contributed by atoms with Crippen LogP contribution in [0.1, 0.15) is 44.7 Å². The van der Waals surface area contributed by atoms with Crippen molar-refractivity contribution in [1.29, 1.82) is 0 Å². The van der Waals surface area contributed by atoms with E-state index in [-0.39, 0.29) is 23.7 Å². The predicted molar refractivity (Wildman–Crippen MR) is 98.7 cm³/mol. The minimum Gasteiger partial charge on any atom is -0.307 e. The summed E-state index contributed by atoms with van der Waals surface area (Å²) < 4.78 is 0. The molecule has 3 atom stereocenters. The van der Waals surface area contributed by atoms with Crippen LogP contribution in [-0.4, -0.2) is 17.7 Å². The van der Waals surface area contributed by atoms with E-state index in [0.717, 1.165) is 16.8 Å². The SMILES string of the molecule is CC(=O)[C@@]1(c2ccccc2)[C@@H]2c3ccccc3N(C(=O)C(C)(C)C)[C@@H]21. The van der Waals surface area contributed by atoms with E-state index in [2.05, 4.69) is 6.07 Å². The Labute approximate surface area is 148 Å². The van der Waals surface area contributed by atoms with Gasteiger partial charge in [-0.3, -0.25) is 9.59 Å². The van der Waals surface area contributed by atoms with Crippen LogP contribution >= 0.6 is 0 Å². The third kappa shape index (κ3) is 1.98. The Hall–Kier alpha value is -2.42. The van der Waals surface area contributed by atoms with Crippen LogP contribution in [0.3, 0.4) is 0 Å². The Balaban J connectivity index is 1.91. The van der Waals surface area contributed by atoms with E-state index in [9.17, 15) is 9.59 Å². The zero-order valence-corrected chi connectivity index (χ0v) is 15.1. The summed E-state index contributed by atoms with van der Waals surface area (Å²) in [5, 5.41) is 0. The Kier molecular flexibility index (Phi) is 3.24. The molecule has 25 heavy (non-hydrogen) atoms. The van der Waals surface area contributed by atoms with Gasteiger partial charge in [-0.25, -0.2) is 0 Å². The molecule has 0 radical (unpaired) electrons. The number of benzene rings is 2. The quantitative estimate of drug-likeness (QED) is 0.831. The molecule has 4 rings (SSSR count). The first-order chi connectivity index (χ1) is 11.8. The fourth-order valence-electron chi connectivity index (χ4n) is 4.55. The second kappa shape index (κ2) is 5.04. The molecule has 1 aliphatic heterocycles. The molecule has 2 aromatic rings. The highest BCUT2D eigenvalue weighted by atomic mass is 16.2. The summed E-state index contributed by atoms with van der Waals surface area (Å²) in [4.78, 5) is 28.0. The number of carbonyl (C=O) groups is 2. The van der Waals surface area contributed by atoms with Crippen molar-refractivity contribution in [2.24, 2.45) is 5.41 Å². The number of hydrogen-bond acceptors (Lipinski definition) is 2. The van der Waals surface area contributed by atoms with Gasteiger partial charge < -0.3 is 4.90 Å². The normalized spacial score (nSPS) is 26.8. The van der Waals surface area contributed by atoms with E-state index >= 15 is 0 Å². The standard InChI is InChI=1S/C22H23NO2/c1-14(24)22(15-10-6-5-7-11-15)18-16-12-8-9-13-17(16)23(19(18)22)20(25)21(2,3)4/h5-13,18-19H,1-4H3/t18-,19+,22-/m1/s1. The van der Waals surface area contributed by atoms with E-state index in [4.69, 9.17) is 0 Å². The molecule has 0 aromatic heterocycles. The smallest absolute Gasteiger partial charge is 0.232 e. The van der Waals surface area contributed by atoms with Crippen LogP contribution in [0.4, 0.5) is 5.69 Å². The number of amides is 1. The highest BCUT2D eigenvalue weighted by Gasteiger charge is 2.76. The molecule has 0 saturated heterocycles. The number of para-hydroxylation sites is 1. The predicted octanol–water partition coefficient (Wildman–Crippen LogP) is 4.07. The van der Waals surface area contributed by atoms with Gasteiger partial charge in [-0.2, -0.15) is 0 Å². The largest absolute Gasteiger partial charge is 0.307 e. The molecule has 3 heteroatoms. The third-order valence-electron chi connectivity index (χ3n) is 5.67. The summed E-state index contributed by atoms with van der Waals surface area (Å²) in [6.07, 6.45) is 0. The van der Waals surface area contributed by atoms with E-state index in [1.165, 1.54) is 0 Å². The number of hydrogen-bond donors (Lipinski definition) is 0. The van der Waals surface area contributed by atoms with Crippen molar-refractivity contribution in [3.8, 4) is 0 Å². The molecule has 1 aliphatic carbocycles. The van der Waals surface area contributed by atoms with E-state index in [1.807, 2.05) is 74.2 Å². The van der Waals surface area contributed by atoms with Crippen LogP contribution in [0.15, 0.2) is 54.6 Å². The highest BCUT2D eigenvalue weighted by molar-refractivity contribution is 6.08. The molecule has 0 spiro atoms. The van der Waals surface area contributed by atoms with Gasteiger partial charge in [0.25, 0.3) is 0 Å². The van der Waals surface area contributed by atoms with Crippen LogP contribution in [0.25, 0.3) is 0 Å². The van der Waals surface area contributed by atoms with Gasteiger partial charge in [0.15, 0.2) is 0 Å². The fourth-order valence-corrected chi connectivity index (χ4v) is 4.55. The van der Waals surface area contributed by atoms with Crippen molar-refractivity contribution in [2.75, 3.05) is 4.90 Å². The van der Waals surface area contributed by atoms with Crippen LogP contribution < -0.4 is 4.90 Å². The lowest BCUT2D eigenvalue weighted by molar-refractivity contribution is -0.126. The van der Waals surface area contributed by atoms with Crippen molar-refractivity contribution in [3.05, 3.63) is 65.7 Å². The summed E-state index contributed by atoms with van der Waals surface area (Å²) in [5.41, 5.74) is 1.98. The zero-order chi connectivity index (χ0) is 18.0. The van der Waals surface area contributed by atoms with Gasteiger partial charge in [0.1, 0.15) is 5.78 Å². The summed E-state index contributed by atoms with van der Waals surface area (Å²) in [6, 6.07) is 17.8. The van der Waals surface area contributed by atoms with E-state index in [0.29, 0.717) is 0 Å². The maximum absolute atomic E-state index is 13.2. The molecule has 1 fully saturated rings. The lowest BCUT2D eigenvalue weighted by Gasteiger charge is -2.32. The first-order valence-electron chi connectivity index (χ1n) is 8.80. The molecule has 0 N–H and O–H groups in total. The molecule has 1 saturated carbocycles. The number of nitrogens with zero attached hydrogens (tertiary/aromatic N) is 1. The van der Waals surface area contributed by atoms with Gasteiger partial charge in [-0.05, 0) is 24.1 Å². The number of rotatable bonds is 2. The van der Waals surface area contributed by atoms with Crippen LogP contribution in [0, 0.1) is 5.41 Å². The first-order valence-corrected chi connectivity index (χ1v) is 8.80. The Morgan fingerprint density at radius 3 is 2.16 bits per heavy atom. The van der Waals surface area contributed by atoms with Crippen molar-refractivity contribution < 1.29 is 9.59 Å². The van der Waals surface area contributed by atoms with Crippen LogP contribution in [0.5, 0.6) is 0 Å². The second-order valence-corrected chi connectivity index (χ2v) is 8.20. The molecule has 0 unspecified atom stereocenters. The van der Waals surface area contributed by atoms with Gasteiger partial charge in [0, 0.05) is 17.0 Å². The Morgan fingerprint density at radius 1 is 0.960 bits per heavy atom. The molecular formula is C22H23NO2. The molecule has 2 aromatic carbocycles. The number of ketones is 1. The monoisotopic (exact) mass is 333 g/mol. The summed E-state index contributed by atoms with van der Waals surface area (Å²) in [7, 11) is 0. The van der Waals surface area contributed by atoms with Crippen molar-refractivity contribution in [3.63, 3.8) is 0 Å². The Bertz CT molecular complexity index is 865. The molecule has 2 aliphatic rings. The lowest BCUT2D eigenvalue weighted by atomic mass is 9.84. The summed E-state index contributed by atoms with van der Waals surface area (Å²) >= 11 is 0. The van der Waals surface area contributed by atoms with E-state index < -0.39 is 10.8 Å². The van der Waals surface area contributed by atoms with Gasteiger partial charge in [-0.1, -0.05) is 69.3 Å². The number of anilines is 1. The second-order valence-electron chi connectivity index (χ2n) is 8.20. The minimum atomic E-state index is -0.615. The molecule has 0 bridgehead atoms. The van der Waals surface area contributed by atoms with Crippen molar-refractivity contribution >= 4 is 17.4 Å². The molecular weight excluding hydrogens is 310 g/mol. The summed E-state index contributed by atoms with van der Waals surface area (Å²) in [5.74, 6) is 0.260. The highest BCUT2D eigenvalue weighted by Crippen LogP contribution is 2.69. The van der Waals surface area contributed by atoms with Gasteiger partial charge in [0.05, 0.1) is 11.5 Å². The topological polar surface area (TPSA) is 37.4 Å². The van der Waals surface area contributed by atoms with Crippen molar-refractivity contribution in [2.45, 2.75) is 45.1 Å². The average molecular weight is 333 g/mol. The lowest BCUT2D eigenvalue weighted by Crippen LogP contribution is -2.44. The van der Waals surface area contributed by atoms with Crippen LogP contribution in [0.2, 0.25) is 0 Å². The zero-order valence-electron chi connectivity index (χ0n) is 15.1. The molecule has 1 heterocycles. The minimum absolute atomic E-state index is 0.0508. The molecule has 1 amide bonds. The number of fused-ring (bicyclic) bond motifs is 3. The van der Waals surface area contributed by atoms with E-state index in [1.54, 1.807) is 6.92 Å². The fraction of sp³-hybridized carbons (Fsp3) is 0.364. The third-order valence-corrected chi connectivity index (χ3v) is 5.67. The van der Waals surface area contributed by atoms with Gasteiger partial charge in [0.2, 0.25) is 5.91 Å². The number of Topliss-reactive ketones (excluding diaryl/α,β-unsaturated/α-hetero) is 1. The molecule has 128 valence electrons. The summed E-state index contributed by atoms with van der Waals surface area (Å²) in [6.45, 7) is 7.47. The Morgan fingerprint density at radius 2 is 1.56 bits per heavy atom. The number of carbonyl (C=O) groups excluding carboxylic acids is 2. The van der Waals surface area contributed by atoms with Crippen molar-refractivity contribution in [1.82, 2.24) is 0 Å². The first kappa shape index (κ1) is 16.1. The maximum Gasteiger partial charge on any atom is 0.232 e. The average Bonchev–Trinajstić information content (AvgIpc) is 3.15. The van der Waals surface area contributed by atoms with Gasteiger partial charge in [-0.15, -0.1) is 0 Å².